The predicted molar refractivity (Wildman–Crippen MR) is 103 cm³/mol. The first kappa shape index (κ1) is 19.5. The Bertz CT molecular complexity index is 772. The highest BCUT2D eigenvalue weighted by molar-refractivity contribution is 8.00. The monoisotopic (exact) mass is 391 g/mol. The van der Waals surface area contributed by atoms with Crippen molar-refractivity contribution in [2.45, 2.75) is 43.1 Å². The number of hydrogen-bond donors (Lipinski definition) is 0. The van der Waals surface area contributed by atoms with Gasteiger partial charge in [-0.05, 0) is 31.9 Å². The molecular formula is C19H25N3O4S. The molecule has 1 atom stereocenters. The molecular weight excluding hydrogens is 366 g/mol. The minimum absolute atomic E-state index is 0.128. The largest absolute Gasteiger partial charge is 0.497 e. The van der Waals surface area contributed by atoms with E-state index in [4.69, 9.17) is 13.9 Å². The summed E-state index contributed by atoms with van der Waals surface area (Å²) in [6.07, 6.45) is 4.54. The second-order valence-electron chi connectivity index (χ2n) is 6.44. The number of aromatic nitrogens is 2. The van der Waals surface area contributed by atoms with Gasteiger partial charge < -0.3 is 18.8 Å². The quantitative estimate of drug-likeness (QED) is 0.696. The topological polar surface area (TPSA) is 77.7 Å². The average molecular weight is 391 g/mol. The fourth-order valence-electron chi connectivity index (χ4n) is 3.09. The lowest BCUT2D eigenvalue weighted by molar-refractivity contribution is -0.130. The van der Waals surface area contributed by atoms with Gasteiger partial charge in [0, 0.05) is 19.2 Å². The van der Waals surface area contributed by atoms with E-state index in [1.165, 1.54) is 24.6 Å². The van der Waals surface area contributed by atoms with E-state index in [-0.39, 0.29) is 11.2 Å². The number of carbonyl (C=O) groups is 1. The van der Waals surface area contributed by atoms with Crippen LogP contribution in [0.3, 0.4) is 0 Å². The van der Waals surface area contributed by atoms with Gasteiger partial charge >= 0.3 is 0 Å². The van der Waals surface area contributed by atoms with Crippen molar-refractivity contribution in [1.29, 1.82) is 0 Å². The van der Waals surface area contributed by atoms with E-state index in [2.05, 4.69) is 10.2 Å². The molecule has 0 spiro atoms. The van der Waals surface area contributed by atoms with Gasteiger partial charge in [0.05, 0.1) is 25.0 Å². The molecule has 2 heterocycles. The van der Waals surface area contributed by atoms with Gasteiger partial charge in [0.25, 0.3) is 11.1 Å². The number of carbonyl (C=O) groups excluding carboxylic acids is 1. The zero-order valence-corrected chi connectivity index (χ0v) is 16.8. The van der Waals surface area contributed by atoms with Gasteiger partial charge in [0.2, 0.25) is 5.91 Å². The Morgan fingerprint density at radius 3 is 2.56 bits per heavy atom. The van der Waals surface area contributed by atoms with Crippen molar-refractivity contribution in [3.05, 3.63) is 18.2 Å². The number of hydrogen-bond acceptors (Lipinski definition) is 7. The van der Waals surface area contributed by atoms with Crippen molar-refractivity contribution in [3.8, 4) is 23.0 Å². The summed E-state index contributed by atoms with van der Waals surface area (Å²) in [6, 6.07) is 5.38. The van der Waals surface area contributed by atoms with Crippen molar-refractivity contribution in [3.63, 3.8) is 0 Å². The van der Waals surface area contributed by atoms with Crippen molar-refractivity contribution < 1.29 is 18.7 Å². The van der Waals surface area contributed by atoms with Crippen LogP contribution < -0.4 is 9.47 Å². The van der Waals surface area contributed by atoms with Crippen LogP contribution in [0, 0.1) is 0 Å². The first-order chi connectivity index (χ1) is 13.1. The summed E-state index contributed by atoms with van der Waals surface area (Å²) in [5.74, 6) is 1.75. The number of amides is 1. The molecule has 1 amide bonds. The number of likely N-dealkylation sites (tertiary alicyclic amines) is 1. The minimum atomic E-state index is -0.269. The molecule has 27 heavy (non-hydrogen) atoms. The van der Waals surface area contributed by atoms with Gasteiger partial charge in [-0.2, -0.15) is 0 Å². The highest BCUT2D eigenvalue weighted by Crippen LogP contribution is 2.34. The van der Waals surface area contributed by atoms with Gasteiger partial charge in [-0.3, -0.25) is 4.79 Å². The van der Waals surface area contributed by atoms with E-state index in [0.29, 0.717) is 28.2 Å². The first-order valence-corrected chi connectivity index (χ1v) is 10.0. The van der Waals surface area contributed by atoms with Gasteiger partial charge in [-0.15, -0.1) is 10.2 Å². The molecule has 1 aliphatic rings. The third kappa shape index (κ3) is 4.74. The van der Waals surface area contributed by atoms with E-state index in [9.17, 15) is 4.79 Å². The van der Waals surface area contributed by atoms with Crippen LogP contribution in [0.15, 0.2) is 27.8 Å². The molecule has 8 heteroatoms. The smallest absolute Gasteiger partial charge is 0.277 e. The molecule has 3 rings (SSSR count). The Morgan fingerprint density at radius 2 is 1.89 bits per heavy atom. The molecule has 1 saturated heterocycles. The van der Waals surface area contributed by atoms with Crippen LogP contribution in [0.25, 0.3) is 11.5 Å². The molecule has 2 aromatic rings. The maximum absolute atomic E-state index is 12.7. The highest BCUT2D eigenvalue weighted by atomic mass is 32.2. The molecule has 1 aromatic carbocycles. The van der Waals surface area contributed by atoms with Crippen LogP contribution in [-0.2, 0) is 4.79 Å². The average Bonchev–Trinajstić information content (AvgIpc) is 2.98. The van der Waals surface area contributed by atoms with Crippen LogP contribution in [0.5, 0.6) is 11.5 Å². The molecule has 0 bridgehead atoms. The lowest BCUT2D eigenvalue weighted by Crippen LogP contribution is -2.37. The van der Waals surface area contributed by atoms with Crippen molar-refractivity contribution >= 4 is 17.7 Å². The SMILES string of the molecule is COc1ccc(-c2nnc(S[C@@H](C)C(=O)N3CCCCCC3)o2)c(OC)c1. The normalized spacial score (nSPS) is 15.9. The van der Waals surface area contributed by atoms with Gasteiger partial charge in [0.15, 0.2) is 0 Å². The van der Waals surface area contributed by atoms with Crippen LogP contribution in [-0.4, -0.2) is 53.6 Å². The Balaban J connectivity index is 1.69. The number of thioether (sulfide) groups is 1. The maximum Gasteiger partial charge on any atom is 0.277 e. The molecule has 146 valence electrons. The van der Waals surface area contributed by atoms with Crippen molar-refractivity contribution in [1.82, 2.24) is 15.1 Å². The Morgan fingerprint density at radius 1 is 1.15 bits per heavy atom. The second kappa shape index (κ2) is 9.12. The van der Waals surface area contributed by atoms with Gasteiger partial charge in [-0.1, -0.05) is 24.6 Å². The summed E-state index contributed by atoms with van der Waals surface area (Å²) in [5.41, 5.74) is 0.684. The van der Waals surface area contributed by atoms with Crippen molar-refractivity contribution in [2.24, 2.45) is 0 Å². The Kier molecular flexibility index (Phi) is 6.60. The number of benzene rings is 1. The first-order valence-electron chi connectivity index (χ1n) is 9.13. The number of rotatable bonds is 6. The highest BCUT2D eigenvalue weighted by Gasteiger charge is 2.25. The number of ether oxygens (including phenoxy) is 2. The second-order valence-corrected chi connectivity index (χ2v) is 7.73. The molecule has 0 radical (unpaired) electrons. The van der Waals surface area contributed by atoms with Crippen LogP contribution in [0.2, 0.25) is 0 Å². The molecule has 0 aliphatic carbocycles. The number of nitrogens with zero attached hydrogens (tertiary/aromatic N) is 3. The minimum Gasteiger partial charge on any atom is -0.497 e. The lowest BCUT2D eigenvalue weighted by Gasteiger charge is -2.23. The molecule has 0 unspecified atom stereocenters. The zero-order chi connectivity index (χ0) is 19.2. The third-order valence-corrected chi connectivity index (χ3v) is 5.51. The fourth-order valence-corrected chi connectivity index (χ4v) is 3.86. The molecule has 7 nitrogen and oxygen atoms in total. The van der Waals surface area contributed by atoms with Crippen LogP contribution >= 0.6 is 11.8 Å². The Hall–Kier alpha value is -2.22. The molecule has 1 aliphatic heterocycles. The summed E-state index contributed by atoms with van der Waals surface area (Å²) in [6.45, 7) is 3.56. The summed E-state index contributed by atoms with van der Waals surface area (Å²) < 4.78 is 16.4. The Labute approximate surface area is 163 Å². The van der Waals surface area contributed by atoms with Crippen LogP contribution in [0.1, 0.15) is 32.6 Å². The molecule has 0 saturated carbocycles. The van der Waals surface area contributed by atoms with Gasteiger partial charge in [-0.25, -0.2) is 0 Å². The predicted octanol–water partition coefficient (Wildman–Crippen LogP) is 3.64. The summed E-state index contributed by atoms with van der Waals surface area (Å²) in [7, 11) is 3.17. The summed E-state index contributed by atoms with van der Waals surface area (Å²) >= 11 is 1.29. The summed E-state index contributed by atoms with van der Waals surface area (Å²) in [5, 5.41) is 8.30. The van der Waals surface area contributed by atoms with Crippen molar-refractivity contribution in [2.75, 3.05) is 27.3 Å². The zero-order valence-electron chi connectivity index (χ0n) is 15.9. The van der Waals surface area contributed by atoms with E-state index >= 15 is 0 Å². The molecule has 1 fully saturated rings. The standard InChI is InChI=1S/C19H25N3O4S/c1-13(18(23)22-10-6-4-5-7-11-22)27-19-21-20-17(26-19)15-9-8-14(24-2)12-16(15)25-3/h8-9,12-13H,4-7,10-11H2,1-3H3/t13-/m0/s1. The molecule has 0 N–H and O–H groups in total. The molecule has 1 aromatic heterocycles. The van der Waals surface area contributed by atoms with E-state index < -0.39 is 0 Å². The maximum atomic E-state index is 12.7. The number of methoxy groups -OCH3 is 2. The van der Waals surface area contributed by atoms with E-state index in [0.717, 1.165) is 25.9 Å². The van der Waals surface area contributed by atoms with Gasteiger partial charge in [0.1, 0.15) is 11.5 Å². The summed E-state index contributed by atoms with van der Waals surface area (Å²) in [4.78, 5) is 14.6. The van der Waals surface area contributed by atoms with E-state index in [1.807, 2.05) is 17.9 Å². The fraction of sp³-hybridized carbons (Fsp3) is 0.526. The van der Waals surface area contributed by atoms with E-state index in [1.54, 1.807) is 26.4 Å². The lowest BCUT2D eigenvalue weighted by atomic mass is 10.2. The third-order valence-electron chi connectivity index (χ3n) is 4.59. The van der Waals surface area contributed by atoms with Crippen LogP contribution in [0.4, 0.5) is 0 Å².